The van der Waals surface area contributed by atoms with Crippen LogP contribution in [0.2, 0.25) is 0 Å². The van der Waals surface area contributed by atoms with Gasteiger partial charge in [0.05, 0.1) is 12.1 Å². The Kier molecular flexibility index (Phi) is 1.48. The summed E-state index contributed by atoms with van der Waals surface area (Å²) in [5, 5.41) is 3.71. The minimum absolute atomic E-state index is 0.0673. The maximum atomic E-state index is 10.5. The van der Waals surface area contributed by atoms with Crippen LogP contribution in [0.25, 0.3) is 0 Å². The number of nitrogens with two attached hydrogens (primary N) is 1. The molecule has 0 aromatic carbocycles. The van der Waals surface area contributed by atoms with Crippen molar-refractivity contribution in [3.8, 4) is 0 Å². The van der Waals surface area contributed by atoms with Crippen LogP contribution >= 0.6 is 0 Å². The first kappa shape index (κ1) is 6.22. The number of nitrogens with zero attached hydrogens (tertiary/aromatic N) is 1. The second-order valence-electron chi connectivity index (χ2n) is 2.10. The quantitative estimate of drug-likeness (QED) is 0.484. The standard InChI is InChI=1S/C5H9N3O/c1-3(6)4-2-5(9)8-7-4/h3H,2,6H2,1H3,(H,8,9)/t3-/m1/s1. The molecule has 1 aliphatic rings. The number of nitrogens with one attached hydrogen (secondary N) is 1. The molecule has 4 nitrogen and oxygen atoms in total. The van der Waals surface area contributed by atoms with Crippen LogP contribution in [0.4, 0.5) is 0 Å². The number of rotatable bonds is 1. The zero-order chi connectivity index (χ0) is 6.85. The molecule has 0 spiro atoms. The lowest BCUT2D eigenvalue weighted by atomic mass is 10.2. The molecule has 0 radical (unpaired) electrons. The number of carbonyl (C=O) groups excluding carboxylic acids is 1. The highest BCUT2D eigenvalue weighted by Crippen LogP contribution is 1.97. The van der Waals surface area contributed by atoms with E-state index in [1.807, 2.05) is 0 Å². The van der Waals surface area contributed by atoms with Gasteiger partial charge in [-0.1, -0.05) is 0 Å². The highest BCUT2D eigenvalue weighted by Gasteiger charge is 2.16. The van der Waals surface area contributed by atoms with Gasteiger partial charge >= 0.3 is 0 Å². The predicted molar refractivity (Wildman–Crippen MR) is 33.8 cm³/mol. The summed E-state index contributed by atoms with van der Waals surface area (Å²) in [6.45, 7) is 1.80. The summed E-state index contributed by atoms with van der Waals surface area (Å²) in [5.41, 5.74) is 8.49. The number of hydrogen-bond donors (Lipinski definition) is 2. The smallest absolute Gasteiger partial charge is 0.245 e. The van der Waals surface area contributed by atoms with Gasteiger partial charge in [0.25, 0.3) is 0 Å². The first-order valence-corrected chi connectivity index (χ1v) is 2.81. The summed E-state index contributed by atoms with van der Waals surface area (Å²) in [7, 11) is 0. The Morgan fingerprint density at radius 3 is 2.78 bits per heavy atom. The molecule has 1 rings (SSSR count). The van der Waals surface area contributed by atoms with Gasteiger partial charge in [0.15, 0.2) is 0 Å². The van der Waals surface area contributed by atoms with E-state index in [0.717, 1.165) is 5.71 Å². The molecular weight excluding hydrogens is 118 g/mol. The molecule has 0 saturated carbocycles. The fraction of sp³-hybridized carbons (Fsp3) is 0.600. The van der Waals surface area contributed by atoms with E-state index in [9.17, 15) is 4.79 Å². The molecule has 0 aromatic heterocycles. The van der Waals surface area contributed by atoms with Crippen LogP contribution in [0.1, 0.15) is 13.3 Å². The molecule has 0 fully saturated rings. The molecule has 1 heterocycles. The minimum Gasteiger partial charge on any atom is -0.323 e. The van der Waals surface area contributed by atoms with Crippen molar-refractivity contribution >= 4 is 11.6 Å². The summed E-state index contributed by atoms with van der Waals surface area (Å²) in [6, 6.07) is -0.107. The third kappa shape index (κ3) is 1.26. The number of carbonyl (C=O) groups is 1. The first-order chi connectivity index (χ1) is 4.20. The molecule has 9 heavy (non-hydrogen) atoms. The average molecular weight is 127 g/mol. The van der Waals surface area contributed by atoms with Gasteiger partial charge in [-0.2, -0.15) is 5.10 Å². The van der Waals surface area contributed by atoms with E-state index in [0.29, 0.717) is 6.42 Å². The number of amides is 1. The molecule has 0 saturated heterocycles. The monoisotopic (exact) mass is 127 g/mol. The van der Waals surface area contributed by atoms with Crippen molar-refractivity contribution in [3.63, 3.8) is 0 Å². The SMILES string of the molecule is C[C@@H](N)C1=NNC(=O)C1. The highest BCUT2D eigenvalue weighted by atomic mass is 16.2. The fourth-order valence-corrected chi connectivity index (χ4v) is 0.641. The van der Waals surface area contributed by atoms with Gasteiger partial charge in [-0.15, -0.1) is 0 Å². The molecule has 4 heteroatoms. The summed E-state index contributed by atoms with van der Waals surface area (Å²) in [6.07, 6.45) is 0.359. The average Bonchev–Trinajstić information content (AvgIpc) is 2.14. The van der Waals surface area contributed by atoms with Crippen LogP contribution in [0.5, 0.6) is 0 Å². The zero-order valence-electron chi connectivity index (χ0n) is 5.22. The van der Waals surface area contributed by atoms with Crippen molar-refractivity contribution in [2.24, 2.45) is 10.8 Å². The minimum atomic E-state index is -0.107. The Labute approximate surface area is 53.1 Å². The van der Waals surface area contributed by atoms with E-state index < -0.39 is 0 Å². The predicted octanol–water partition coefficient (Wildman–Crippen LogP) is -0.790. The van der Waals surface area contributed by atoms with E-state index in [1.165, 1.54) is 0 Å². The third-order valence-electron chi connectivity index (χ3n) is 1.19. The molecule has 1 atom stereocenters. The van der Waals surface area contributed by atoms with E-state index >= 15 is 0 Å². The first-order valence-electron chi connectivity index (χ1n) is 2.81. The van der Waals surface area contributed by atoms with Gasteiger partial charge in [-0.05, 0) is 6.92 Å². The Hall–Kier alpha value is -0.900. The molecule has 1 amide bonds. The van der Waals surface area contributed by atoms with Gasteiger partial charge in [0.1, 0.15) is 0 Å². The van der Waals surface area contributed by atoms with Crippen molar-refractivity contribution in [2.75, 3.05) is 0 Å². The third-order valence-corrected chi connectivity index (χ3v) is 1.19. The molecular formula is C5H9N3O. The molecule has 0 bridgehead atoms. The summed E-state index contributed by atoms with van der Waals surface area (Å²) >= 11 is 0. The van der Waals surface area contributed by atoms with Crippen LogP contribution in [0, 0.1) is 0 Å². The Morgan fingerprint density at radius 1 is 1.89 bits per heavy atom. The fourth-order valence-electron chi connectivity index (χ4n) is 0.641. The molecule has 0 unspecified atom stereocenters. The van der Waals surface area contributed by atoms with Gasteiger partial charge in [0.2, 0.25) is 5.91 Å². The van der Waals surface area contributed by atoms with Crippen molar-refractivity contribution in [1.82, 2.24) is 5.43 Å². The Bertz CT molecular complexity index is 162. The van der Waals surface area contributed by atoms with E-state index in [-0.39, 0.29) is 11.9 Å². The van der Waals surface area contributed by atoms with E-state index in [2.05, 4.69) is 10.5 Å². The maximum absolute atomic E-state index is 10.5. The van der Waals surface area contributed by atoms with E-state index in [1.54, 1.807) is 6.92 Å². The largest absolute Gasteiger partial charge is 0.323 e. The lowest BCUT2D eigenvalue weighted by Crippen LogP contribution is -2.25. The van der Waals surface area contributed by atoms with Gasteiger partial charge in [0, 0.05) is 6.04 Å². The van der Waals surface area contributed by atoms with Crippen molar-refractivity contribution in [1.29, 1.82) is 0 Å². The molecule has 3 N–H and O–H groups in total. The van der Waals surface area contributed by atoms with Gasteiger partial charge < -0.3 is 5.73 Å². The lowest BCUT2D eigenvalue weighted by Gasteiger charge is -1.98. The summed E-state index contributed by atoms with van der Waals surface area (Å²) < 4.78 is 0. The summed E-state index contributed by atoms with van der Waals surface area (Å²) in [4.78, 5) is 10.5. The lowest BCUT2D eigenvalue weighted by molar-refractivity contribution is -0.119. The van der Waals surface area contributed by atoms with Crippen LogP contribution in [-0.2, 0) is 4.79 Å². The highest BCUT2D eigenvalue weighted by molar-refractivity contribution is 6.07. The van der Waals surface area contributed by atoms with E-state index in [4.69, 9.17) is 5.73 Å². The van der Waals surface area contributed by atoms with Crippen LogP contribution < -0.4 is 11.2 Å². The van der Waals surface area contributed by atoms with Gasteiger partial charge in [-0.3, -0.25) is 4.79 Å². The summed E-state index contributed by atoms with van der Waals surface area (Å²) in [5.74, 6) is -0.0673. The zero-order valence-corrected chi connectivity index (χ0v) is 5.22. The molecule has 1 aliphatic heterocycles. The van der Waals surface area contributed by atoms with Crippen LogP contribution in [-0.4, -0.2) is 17.7 Å². The number of hydrazone groups is 1. The molecule has 50 valence electrons. The van der Waals surface area contributed by atoms with Crippen LogP contribution in [0.15, 0.2) is 5.10 Å². The second kappa shape index (κ2) is 2.14. The van der Waals surface area contributed by atoms with Crippen molar-refractivity contribution in [2.45, 2.75) is 19.4 Å². The topological polar surface area (TPSA) is 67.5 Å². The van der Waals surface area contributed by atoms with Crippen molar-refractivity contribution < 1.29 is 4.79 Å². The van der Waals surface area contributed by atoms with Crippen molar-refractivity contribution in [3.05, 3.63) is 0 Å². The van der Waals surface area contributed by atoms with Crippen LogP contribution in [0.3, 0.4) is 0 Å². The maximum Gasteiger partial charge on any atom is 0.245 e. The normalized spacial score (nSPS) is 21.1. The molecule has 0 aromatic rings. The van der Waals surface area contributed by atoms with Gasteiger partial charge in [-0.25, -0.2) is 5.43 Å². The Morgan fingerprint density at radius 2 is 2.56 bits per heavy atom. The molecule has 0 aliphatic carbocycles. The Balaban J connectivity index is 2.55. The second-order valence-corrected chi connectivity index (χ2v) is 2.10. The number of hydrogen-bond acceptors (Lipinski definition) is 3.